The van der Waals surface area contributed by atoms with Gasteiger partial charge in [0.2, 0.25) is 0 Å². The molecule has 0 unspecified atom stereocenters. The van der Waals surface area contributed by atoms with Crippen molar-refractivity contribution in [3.05, 3.63) is 76.7 Å². The van der Waals surface area contributed by atoms with Crippen molar-refractivity contribution in [2.45, 2.75) is 32.9 Å². The molecule has 0 aliphatic heterocycles. The van der Waals surface area contributed by atoms with Crippen LogP contribution in [0.3, 0.4) is 0 Å². The number of benzene rings is 1. The van der Waals surface area contributed by atoms with Gasteiger partial charge < -0.3 is 4.57 Å². The van der Waals surface area contributed by atoms with Gasteiger partial charge in [-0.05, 0) is 69.2 Å². The Labute approximate surface area is 168 Å². The van der Waals surface area contributed by atoms with Crippen LogP contribution in [0.5, 0.6) is 0 Å². The van der Waals surface area contributed by atoms with Crippen LogP contribution < -0.4 is 0 Å². The fraction of sp³-hybridized carbons (Fsp3) is 0.227. The first kappa shape index (κ1) is 18.5. The summed E-state index contributed by atoms with van der Waals surface area (Å²) in [6.07, 6.45) is 1.91. The van der Waals surface area contributed by atoms with Crippen LogP contribution in [0, 0.1) is 27.7 Å². The standard InChI is InChI=1S/C22H22N4OS/c1-14-8-9-18(11-15(14)2)26-16(3)12-19(17(26)4)20(27)13-28-22-24-23-21-7-5-6-10-25(21)22/h5-12H,13H2,1-4H3. The Balaban J connectivity index is 1.59. The number of fused-ring (bicyclic) bond motifs is 1. The zero-order valence-corrected chi connectivity index (χ0v) is 17.2. The molecular formula is C22H22N4OS. The lowest BCUT2D eigenvalue weighted by Crippen LogP contribution is -2.06. The maximum atomic E-state index is 12.9. The van der Waals surface area contributed by atoms with Crippen molar-refractivity contribution in [1.82, 2.24) is 19.2 Å². The summed E-state index contributed by atoms with van der Waals surface area (Å²) in [5.74, 6) is 0.424. The highest BCUT2D eigenvalue weighted by Crippen LogP contribution is 2.25. The molecule has 0 aliphatic carbocycles. The SMILES string of the molecule is Cc1ccc(-n2c(C)cc(C(=O)CSc3nnc4ccccn34)c2C)cc1C. The summed E-state index contributed by atoms with van der Waals surface area (Å²) in [7, 11) is 0. The molecule has 0 amide bonds. The van der Waals surface area contributed by atoms with Crippen molar-refractivity contribution in [2.75, 3.05) is 5.75 Å². The molecule has 28 heavy (non-hydrogen) atoms. The first-order chi connectivity index (χ1) is 13.5. The summed E-state index contributed by atoms with van der Waals surface area (Å²) in [5.41, 5.74) is 7.17. The van der Waals surface area contributed by atoms with Crippen LogP contribution in [0.25, 0.3) is 11.3 Å². The minimum Gasteiger partial charge on any atom is -0.318 e. The number of thioether (sulfide) groups is 1. The summed E-state index contributed by atoms with van der Waals surface area (Å²) in [5, 5.41) is 9.06. The molecule has 0 fully saturated rings. The summed E-state index contributed by atoms with van der Waals surface area (Å²) in [4.78, 5) is 12.9. The van der Waals surface area contributed by atoms with E-state index in [4.69, 9.17) is 0 Å². The number of rotatable bonds is 5. The topological polar surface area (TPSA) is 52.2 Å². The summed E-state index contributed by atoms with van der Waals surface area (Å²) < 4.78 is 4.05. The highest BCUT2D eigenvalue weighted by atomic mass is 32.2. The van der Waals surface area contributed by atoms with Crippen molar-refractivity contribution < 1.29 is 4.79 Å². The third-order valence-corrected chi connectivity index (χ3v) is 6.04. The maximum Gasteiger partial charge on any atom is 0.196 e. The Morgan fingerprint density at radius 1 is 1.00 bits per heavy atom. The molecule has 0 radical (unpaired) electrons. The molecular weight excluding hydrogens is 368 g/mol. The number of Topliss-reactive ketones (excluding diaryl/α,β-unsaturated/α-hetero) is 1. The van der Waals surface area contributed by atoms with Gasteiger partial charge in [0.05, 0.1) is 5.75 Å². The molecule has 6 heteroatoms. The normalized spacial score (nSPS) is 11.3. The third kappa shape index (κ3) is 3.24. The van der Waals surface area contributed by atoms with Gasteiger partial charge in [0.15, 0.2) is 16.6 Å². The van der Waals surface area contributed by atoms with E-state index in [1.807, 2.05) is 48.7 Å². The second-order valence-corrected chi connectivity index (χ2v) is 7.95. The molecule has 0 saturated carbocycles. The van der Waals surface area contributed by atoms with Crippen molar-refractivity contribution in [1.29, 1.82) is 0 Å². The number of pyridine rings is 1. The van der Waals surface area contributed by atoms with Crippen LogP contribution in [0.4, 0.5) is 0 Å². The van der Waals surface area contributed by atoms with E-state index in [-0.39, 0.29) is 5.78 Å². The van der Waals surface area contributed by atoms with Gasteiger partial charge in [-0.3, -0.25) is 9.20 Å². The Bertz CT molecular complexity index is 1190. The zero-order chi connectivity index (χ0) is 19.8. The molecule has 4 aromatic rings. The Morgan fingerprint density at radius 2 is 1.82 bits per heavy atom. The predicted octanol–water partition coefficient (Wildman–Crippen LogP) is 4.73. The molecule has 0 bridgehead atoms. The first-order valence-corrected chi connectivity index (χ1v) is 10.2. The number of aromatic nitrogens is 4. The van der Waals surface area contributed by atoms with E-state index in [1.165, 1.54) is 22.9 Å². The molecule has 0 saturated heterocycles. The number of carbonyl (C=O) groups excluding carboxylic acids is 1. The molecule has 0 N–H and O–H groups in total. The molecule has 1 aromatic carbocycles. The lowest BCUT2D eigenvalue weighted by Gasteiger charge is -2.12. The van der Waals surface area contributed by atoms with E-state index in [0.717, 1.165) is 33.4 Å². The molecule has 0 atom stereocenters. The van der Waals surface area contributed by atoms with Crippen LogP contribution >= 0.6 is 11.8 Å². The highest BCUT2D eigenvalue weighted by Gasteiger charge is 2.18. The number of nitrogens with zero attached hydrogens (tertiary/aromatic N) is 4. The van der Waals surface area contributed by atoms with Crippen LogP contribution in [-0.4, -0.2) is 30.7 Å². The van der Waals surface area contributed by atoms with Crippen LogP contribution in [0.1, 0.15) is 32.9 Å². The quantitative estimate of drug-likeness (QED) is 0.365. The van der Waals surface area contributed by atoms with E-state index < -0.39 is 0 Å². The van der Waals surface area contributed by atoms with Crippen molar-refractivity contribution in [2.24, 2.45) is 0 Å². The molecule has 0 spiro atoms. The third-order valence-electron chi connectivity index (χ3n) is 5.10. The maximum absolute atomic E-state index is 12.9. The number of ketones is 1. The minimum atomic E-state index is 0.0980. The van der Waals surface area contributed by atoms with Gasteiger partial charge in [-0.25, -0.2) is 0 Å². The summed E-state index contributed by atoms with van der Waals surface area (Å²) >= 11 is 1.41. The van der Waals surface area contributed by atoms with Gasteiger partial charge >= 0.3 is 0 Å². The molecule has 0 aliphatic rings. The van der Waals surface area contributed by atoms with Gasteiger partial charge in [0.25, 0.3) is 0 Å². The van der Waals surface area contributed by atoms with Crippen molar-refractivity contribution >= 4 is 23.2 Å². The predicted molar refractivity (Wildman–Crippen MR) is 113 cm³/mol. The lowest BCUT2D eigenvalue weighted by atomic mass is 10.1. The van der Waals surface area contributed by atoms with Crippen LogP contribution in [-0.2, 0) is 0 Å². The fourth-order valence-electron chi connectivity index (χ4n) is 3.43. The van der Waals surface area contributed by atoms with E-state index in [0.29, 0.717) is 5.75 Å². The second kappa shape index (κ2) is 7.28. The van der Waals surface area contributed by atoms with E-state index >= 15 is 0 Å². The first-order valence-electron chi connectivity index (χ1n) is 9.18. The van der Waals surface area contributed by atoms with Gasteiger partial charge in [-0.1, -0.05) is 23.9 Å². The van der Waals surface area contributed by atoms with Crippen molar-refractivity contribution in [3.8, 4) is 5.69 Å². The molecule has 4 rings (SSSR count). The minimum absolute atomic E-state index is 0.0980. The smallest absolute Gasteiger partial charge is 0.196 e. The molecule has 5 nitrogen and oxygen atoms in total. The molecule has 3 aromatic heterocycles. The Morgan fingerprint density at radius 3 is 2.61 bits per heavy atom. The second-order valence-electron chi connectivity index (χ2n) is 7.01. The fourth-order valence-corrected chi connectivity index (χ4v) is 4.24. The van der Waals surface area contributed by atoms with E-state index in [9.17, 15) is 4.79 Å². The van der Waals surface area contributed by atoms with E-state index in [1.54, 1.807) is 0 Å². The monoisotopic (exact) mass is 390 g/mol. The van der Waals surface area contributed by atoms with Crippen molar-refractivity contribution in [3.63, 3.8) is 0 Å². The number of carbonyl (C=O) groups is 1. The van der Waals surface area contributed by atoms with Gasteiger partial charge in [0, 0.05) is 28.8 Å². The van der Waals surface area contributed by atoms with Crippen LogP contribution in [0.15, 0.2) is 53.8 Å². The summed E-state index contributed by atoms with van der Waals surface area (Å²) in [6, 6.07) is 14.1. The largest absolute Gasteiger partial charge is 0.318 e. The average molecular weight is 391 g/mol. The molecule has 3 heterocycles. The molecule has 142 valence electrons. The van der Waals surface area contributed by atoms with Gasteiger partial charge in [0.1, 0.15) is 0 Å². The van der Waals surface area contributed by atoms with Gasteiger partial charge in [-0.2, -0.15) is 0 Å². The number of hydrogen-bond donors (Lipinski definition) is 0. The average Bonchev–Trinajstić information content (AvgIpc) is 3.23. The number of hydrogen-bond acceptors (Lipinski definition) is 4. The Hall–Kier alpha value is -2.86. The number of aryl methyl sites for hydroxylation is 3. The summed E-state index contributed by atoms with van der Waals surface area (Å²) in [6.45, 7) is 8.26. The zero-order valence-electron chi connectivity index (χ0n) is 16.4. The Kier molecular flexibility index (Phi) is 4.81. The van der Waals surface area contributed by atoms with Crippen LogP contribution in [0.2, 0.25) is 0 Å². The van der Waals surface area contributed by atoms with E-state index in [2.05, 4.69) is 46.8 Å². The van der Waals surface area contributed by atoms with Gasteiger partial charge in [-0.15, -0.1) is 10.2 Å². The highest BCUT2D eigenvalue weighted by molar-refractivity contribution is 7.99. The lowest BCUT2D eigenvalue weighted by molar-refractivity contribution is 0.102.